The van der Waals surface area contributed by atoms with Gasteiger partial charge in [-0.1, -0.05) is 24.3 Å². The number of hydrazine groups is 1. The number of fused-ring (bicyclic) bond motifs is 1. The Balaban J connectivity index is 1.92. The van der Waals surface area contributed by atoms with Crippen LogP contribution in [0.3, 0.4) is 0 Å². The van der Waals surface area contributed by atoms with Gasteiger partial charge in [0.25, 0.3) is 0 Å². The molecule has 108 valence electrons. The zero-order valence-electron chi connectivity index (χ0n) is 11.1. The van der Waals surface area contributed by atoms with E-state index in [1.807, 2.05) is 12.1 Å². The molecule has 1 atom stereocenters. The van der Waals surface area contributed by atoms with Crippen LogP contribution >= 0.6 is 11.3 Å². The first kappa shape index (κ1) is 14.1. The van der Waals surface area contributed by atoms with E-state index in [0.29, 0.717) is 12.0 Å². The van der Waals surface area contributed by atoms with Crippen LogP contribution in [-0.2, 0) is 6.42 Å². The fraction of sp³-hybridized carbons (Fsp3) is 0.125. The van der Waals surface area contributed by atoms with Crippen molar-refractivity contribution in [1.29, 1.82) is 0 Å². The first-order chi connectivity index (χ1) is 10.2. The molecule has 0 fully saturated rings. The number of benzene rings is 2. The smallest absolute Gasteiger partial charge is 0.159 e. The second-order valence-electron chi connectivity index (χ2n) is 4.85. The van der Waals surface area contributed by atoms with Crippen molar-refractivity contribution in [3.8, 4) is 0 Å². The summed E-state index contributed by atoms with van der Waals surface area (Å²) < 4.78 is 27.6. The Labute approximate surface area is 125 Å². The van der Waals surface area contributed by atoms with Gasteiger partial charge in [-0.3, -0.25) is 11.3 Å². The fourth-order valence-corrected chi connectivity index (χ4v) is 3.39. The highest BCUT2D eigenvalue weighted by Crippen LogP contribution is 2.29. The lowest BCUT2D eigenvalue weighted by atomic mass is 9.99. The summed E-state index contributed by atoms with van der Waals surface area (Å²) in [5.74, 6) is 3.88. The molecular weight excluding hydrogens is 290 g/mol. The Kier molecular flexibility index (Phi) is 3.96. The number of hydrogen-bond acceptors (Lipinski definition) is 3. The van der Waals surface area contributed by atoms with Gasteiger partial charge in [0.15, 0.2) is 11.6 Å². The molecule has 0 saturated heterocycles. The van der Waals surface area contributed by atoms with Crippen molar-refractivity contribution in [3.05, 3.63) is 70.6 Å². The fourth-order valence-electron chi connectivity index (χ4n) is 2.41. The Bertz CT molecular complexity index is 770. The molecule has 0 aliphatic carbocycles. The molecule has 3 rings (SSSR count). The zero-order valence-corrected chi connectivity index (χ0v) is 12.0. The predicted molar refractivity (Wildman–Crippen MR) is 82.0 cm³/mol. The summed E-state index contributed by atoms with van der Waals surface area (Å²) >= 11 is 1.66. The molecule has 0 spiro atoms. The lowest BCUT2D eigenvalue weighted by Gasteiger charge is -2.16. The maximum absolute atomic E-state index is 13.4. The zero-order chi connectivity index (χ0) is 14.8. The van der Waals surface area contributed by atoms with Gasteiger partial charge in [0.2, 0.25) is 0 Å². The molecule has 0 aliphatic heterocycles. The van der Waals surface area contributed by atoms with Gasteiger partial charge < -0.3 is 0 Å². The van der Waals surface area contributed by atoms with E-state index in [1.165, 1.54) is 16.2 Å². The molecule has 21 heavy (non-hydrogen) atoms. The van der Waals surface area contributed by atoms with Crippen LogP contribution < -0.4 is 11.3 Å². The minimum atomic E-state index is -0.858. The summed E-state index contributed by atoms with van der Waals surface area (Å²) in [5, 5.41) is 3.25. The Morgan fingerprint density at radius 1 is 1.10 bits per heavy atom. The summed E-state index contributed by atoms with van der Waals surface area (Å²) in [6, 6.07) is 11.7. The molecule has 0 aliphatic rings. The van der Waals surface area contributed by atoms with E-state index < -0.39 is 11.6 Å². The second kappa shape index (κ2) is 5.89. The molecule has 0 radical (unpaired) electrons. The summed E-state index contributed by atoms with van der Waals surface area (Å²) in [4.78, 5) is 0. The lowest BCUT2D eigenvalue weighted by molar-refractivity contribution is 0.497. The van der Waals surface area contributed by atoms with Gasteiger partial charge in [0, 0.05) is 4.70 Å². The van der Waals surface area contributed by atoms with Crippen LogP contribution in [0, 0.1) is 11.6 Å². The average molecular weight is 304 g/mol. The molecule has 2 aromatic carbocycles. The minimum absolute atomic E-state index is 0.266. The van der Waals surface area contributed by atoms with Crippen molar-refractivity contribution in [1.82, 2.24) is 5.43 Å². The van der Waals surface area contributed by atoms with Crippen LogP contribution in [-0.4, -0.2) is 0 Å². The highest BCUT2D eigenvalue weighted by Gasteiger charge is 2.15. The van der Waals surface area contributed by atoms with Crippen molar-refractivity contribution >= 4 is 21.4 Å². The van der Waals surface area contributed by atoms with Crippen molar-refractivity contribution in [3.63, 3.8) is 0 Å². The minimum Gasteiger partial charge on any atom is -0.271 e. The largest absolute Gasteiger partial charge is 0.271 e. The Morgan fingerprint density at radius 2 is 1.90 bits per heavy atom. The van der Waals surface area contributed by atoms with Crippen molar-refractivity contribution in [2.45, 2.75) is 12.5 Å². The van der Waals surface area contributed by atoms with Crippen LogP contribution in [0.25, 0.3) is 10.1 Å². The number of hydrogen-bond donors (Lipinski definition) is 2. The van der Waals surface area contributed by atoms with E-state index in [1.54, 1.807) is 17.4 Å². The Hall–Kier alpha value is -1.82. The third kappa shape index (κ3) is 2.81. The first-order valence-electron chi connectivity index (χ1n) is 6.55. The molecule has 1 aromatic heterocycles. The number of halogens is 2. The van der Waals surface area contributed by atoms with Crippen molar-refractivity contribution in [2.75, 3.05) is 0 Å². The molecule has 1 heterocycles. The predicted octanol–water partition coefficient (Wildman–Crippen LogP) is 3.93. The topological polar surface area (TPSA) is 38.0 Å². The third-order valence-electron chi connectivity index (χ3n) is 3.53. The average Bonchev–Trinajstić information content (AvgIpc) is 2.91. The van der Waals surface area contributed by atoms with Crippen LogP contribution in [0.5, 0.6) is 0 Å². The summed E-state index contributed by atoms with van der Waals surface area (Å²) in [6.45, 7) is 0. The van der Waals surface area contributed by atoms with Crippen LogP contribution in [0.4, 0.5) is 8.78 Å². The monoisotopic (exact) mass is 304 g/mol. The standard InChI is InChI=1S/C16H14F2N2S/c17-13-6-5-10(7-14(13)18)15(20-19)8-11-9-21-16-4-2-1-3-12(11)16/h1-7,9,15,20H,8,19H2. The SMILES string of the molecule is NNC(Cc1csc2ccccc12)c1ccc(F)c(F)c1. The highest BCUT2D eigenvalue weighted by atomic mass is 32.1. The molecule has 2 nitrogen and oxygen atoms in total. The first-order valence-corrected chi connectivity index (χ1v) is 7.43. The van der Waals surface area contributed by atoms with E-state index in [2.05, 4.69) is 22.9 Å². The van der Waals surface area contributed by atoms with E-state index >= 15 is 0 Å². The van der Waals surface area contributed by atoms with Crippen LogP contribution in [0.15, 0.2) is 47.8 Å². The quantitative estimate of drug-likeness (QED) is 0.566. The van der Waals surface area contributed by atoms with Gasteiger partial charge in [-0.05, 0) is 46.5 Å². The van der Waals surface area contributed by atoms with Gasteiger partial charge in [-0.15, -0.1) is 11.3 Å². The highest BCUT2D eigenvalue weighted by molar-refractivity contribution is 7.17. The molecule has 0 saturated carbocycles. The van der Waals surface area contributed by atoms with E-state index in [0.717, 1.165) is 11.6 Å². The van der Waals surface area contributed by atoms with Crippen molar-refractivity contribution < 1.29 is 8.78 Å². The van der Waals surface area contributed by atoms with Gasteiger partial charge in [0.1, 0.15) is 0 Å². The number of thiophene rings is 1. The summed E-state index contributed by atoms with van der Waals surface area (Å²) in [6.07, 6.45) is 0.617. The molecular formula is C16H14F2N2S. The van der Waals surface area contributed by atoms with Crippen LogP contribution in [0.2, 0.25) is 0 Å². The van der Waals surface area contributed by atoms with Gasteiger partial charge in [-0.2, -0.15) is 0 Å². The number of rotatable bonds is 4. The molecule has 3 N–H and O–H groups in total. The van der Waals surface area contributed by atoms with Gasteiger partial charge in [0.05, 0.1) is 6.04 Å². The van der Waals surface area contributed by atoms with Gasteiger partial charge in [-0.25, -0.2) is 8.78 Å². The normalized spacial score (nSPS) is 12.7. The third-order valence-corrected chi connectivity index (χ3v) is 4.54. The molecule has 1 unspecified atom stereocenters. The van der Waals surface area contributed by atoms with E-state index in [-0.39, 0.29) is 6.04 Å². The molecule has 3 aromatic rings. The maximum atomic E-state index is 13.4. The molecule has 5 heteroatoms. The number of nitrogens with one attached hydrogen (secondary N) is 1. The molecule has 0 amide bonds. The van der Waals surface area contributed by atoms with Crippen LogP contribution in [0.1, 0.15) is 17.2 Å². The maximum Gasteiger partial charge on any atom is 0.159 e. The van der Waals surface area contributed by atoms with E-state index in [4.69, 9.17) is 5.84 Å². The number of nitrogens with two attached hydrogens (primary N) is 1. The molecule has 0 bridgehead atoms. The summed E-state index contributed by atoms with van der Waals surface area (Å²) in [5.41, 5.74) is 4.46. The lowest BCUT2D eigenvalue weighted by Crippen LogP contribution is -2.29. The second-order valence-corrected chi connectivity index (χ2v) is 5.77. The van der Waals surface area contributed by atoms with Crippen molar-refractivity contribution in [2.24, 2.45) is 5.84 Å². The Morgan fingerprint density at radius 3 is 2.67 bits per heavy atom. The van der Waals surface area contributed by atoms with E-state index in [9.17, 15) is 8.78 Å². The van der Waals surface area contributed by atoms with Gasteiger partial charge >= 0.3 is 0 Å². The summed E-state index contributed by atoms with van der Waals surface area (Å²) in [7, 11) is 0.